The van der Waals surface area contributed by atoms with Crippen molar-refractivity contribution < 1.29 is 0 Å². The SMILES string of the molecule is [C-]#[N+]c1ccc(-c2ccccc2-c2cccc(-n3c4ccccc4c4cc(C#N)ccc43)c2)c(-n2c3ccccc3c3cc([N+]#[C-])ccc32)c1. The summed E-state index contributed by atoms with van der Waals surface area (Å²) in [7, 11) is 0. The summed E-state index contributed by atoms with van der Waals surface area (Å²) in [4.78, 5) is 7.52. The van der Waals surface area contributed by atoms with E-state index in [9.17, 15) is 5.26 Å². The number of hydrogen-bond donors (Lipinski definition) is 0. The Morgan fingerprint density at radius 3 is 1.82 bits per heavy atom. The van der Waals surface area contributed by atoms with Crippen molar-refractivity contribution >= 4 is 55.0 Å². The molecule has 230 valence electrons. The zero-order valence-corrected chi connectivity index (χ0v) is 26.7. The van der Waals surface area contributed by atoms with E-state index < -0.39 is 0 Å². The summed E-state index contributed by atoms with van der Waals surface area (Å²) in [5.41, 5.74) is 12.0. The minimum atomic E-state index is 0.554. The van der Waals surface area contributed by atoms with Crippen molar-refractivity contribution in [2.24, 2.45) is 0 Å². The topological polar surface area (TPSA) is 42.4 Å². The van der Waals surface area contributed by atoms with Gasteiger partial charge in [-0.05, 0) is 82.7 Å². The highest BCUT2D eigenvalue weighted by atomic mass is 15.0. The first-order chi connectivity index (χ1) is 24.7. The van der Waals surface area contributed by atoms with Gasteiger partial charge in [-0.3, -0.25) is 0 Å². The molecule has 0 aliphatic rings. The smallest absolute Gasteiger partial charge is 0.189 e. The van der Waals surface area contributed by atoms with E-state index in [1.54, 1.807) is 0 Å². The lowest BCUT2D eigenvalue weighted by atomic mass is 9.93. The van der Waals surface area contributed by atoms with Crippen molar-refractivity contribution in [1.82, 2.24) is 9.13 Å². The van der Waals surface area contributed by atoms with E-state index in [1.807, 2.05) is 72.8 Å². The van der Waals surface area contributed by atoms with Gasteiger partial charge in [-0.15, -0.1) is 0 Å². The summed E-state index contributed by atoms with van der Waals surface area (Å²) in [5, 5.41) is 13.8. The second-order valence-corrected chi connectivity index (χ2v) is 12.3. The molecule has 0 spiro atoms. The summed E-state index contributed by atoms with van der Waals surface area (Å²) in [6.45, 7) is 15.5. The van der Waals surface area contributed by atoms with Crippen LogP contribution >= 0.6 is 0 Å². The number of rotatable bonds is 4. The van der Waals surface area contributed by atoms with Crippen LogP contribution in [0, 0.1) is 24.5 Å². The van der Waals surface area contributed by atoms with Crippen molar-refractivity contribution in [3.05, 3.63) is 180 Å². The van der Waals surface area contributed by atoms with E-state index >= 15 is 0 Å². The average molecular weight is 636 g/mol. The zero-order valence-electron chi connectivity index (χ0n) is 26.7. The standard InChI is InChI=1S/C45H25N5/c1-47-31-20-23-44-40(26-31)37-15-6-8-17-42(37)50(44)45-27-32(48-2)19-21-38(45)35-13-4-3-12-34(35)30-10-9-11-33(25-30)49-41-16-7-5-14-36(41)39-24-29(28-46)18-22-43(39)49/h3-27H. The largest absolute Gasteiger partial charge is 0.310 e. The molecule has 0 radical (unpaired) electrons. The number of hydrogen-bond acceptors (Lipinski definition) is 1. The van der Waals surface area contributed by atoms with Crippen LogP contribution in [0.3, 0.4) is 0 Å². The Morgan fingerprint density at radius 1 is 0.460 bits per heavy atom. The van der Waals surface area contributed by atoms with Crippen LogP contribution in [-0.2, 0) is 0 Å². The maximum atomic E-state index is 9.63. The predicted octanol–water partition coefficient (Wildman–Crippen LogP) is 12.2. The Bertz CT molecular complexity index is 2970. The van der Waals surface area contributed by atoms with Gasteiger partial charge < -0.3 is 9.13 Å². The molecular weight excluding hydrogens is 611 g/mol. The van der Waals surface area contributed by atoms with E-state index in [0.717, 1.165) is 77.2 Å². The summed E-state index contributed by atoms with van der Waals surface area (Å²) in [5.74, 6) is 0. The van der Waals surface area contributed by atoms with Crippen LogP contribution in [0.15, 0.2) is 152 Å². The van der Waals surface area contributed by atoms with Crippen LogP contribution < -0.4 is 0 Å². The first-order valence-electron chi connectivity index (χ1n) is 16.2. The molecule has 0 atom stereocenters. The first kappa shape index (κ1) is 28.8. The van der Waals surface area contributed by atoms with Crippen molar-refractivity contribution in [1.29, 1.82) is 5.26 Å². The minimum absolute atomic E-state index is 0.554. The van der Waals surface area contributed by atoms with Crippen molar-refractivity contribution in [3.8, 4) is 39.7 Å². The summed E-state index contributed by atoms with van der Waals surface area (Å²) >= 11 is 0. The fourth-order valence-electron chi connectivity index (χ4n) is 7.40. The Hall–Kier alpha value is -7.39. The lowest BCUT2D eigenvalue weighted by molar-refractivity contribution is 1.18. The lowest BCUT2D eigenvalue weighted by Gasteiger charge is -2.18. The number of benzene rings is 7. The molecule has 0 bridgehead atoms. The molecule has 0 unspecified atom stereocenters. The third kappa shape index (κ3) is 4.38. The van der Waals surface area contributed by atoms with E-state index in [2.05, 4.69) is 104 Å². The molecule has 2 aromatic heterocycles. The van der Waals surface area contributed by atoms with Gasteiger partial charge in [0.15, 0.2) is 11.4 Å². The summed E-state index contributed by atoms with van der Waals surface area (Å²) in [6, 6.07) is 53.5. The highest BCUT2D eigenvalue weighted by molar-refractivity contribution is 6.11. The van der Waals surface area contributed by atoms with Crippen molar-refractivity contribution in [2.75, 3.05) is 0 Å². The molecule has 5 nitrogen and oxygen atoms in total. The van der Waals surface area contributed by atoms with Gasteiger partial charge in [0.1, 0.15) is 0 Å². The molecule has 2 heterocycles. The highest BCUT2D eigenvalue weighted by Crippen LogP contribution is 2.42. The zero-order chi connectivity index (χ0) is 33.8. The van der Waals surface area contributed by atoms with Crippen LogP contribution in [0.2, 0.25) is 0 Å². The van der Waals surface area contributed by atoms with Crippen LogP contribution in [0.1, 0.15) is 5.56 Å². The van der Waals surface area contributed by atoms with Gasteiger partial charge in [-0.1, -0.05) is 91.0 Å². The monoisotopic (exact) mass is 635 g/mol. The second-order valence-electron chi connectivity index (χ2n) is 12.3. The number of para-hydroxylation sites is 2. The molecule has 0 N–H and O–H groups in total. The third-order valence-corrected chi connectivity index (χ3v) is 9.57. The maximum absolute atomic E-state index is 9.63. The van der Waals surface area contributed by atoms with E-state index in [4.69, 9.17) is 13.1 Å². The number of nitrogens with zero attached hydrogens (tertiary/aromatic N) is 5. The van der Waals surface area contributed by atoms with Gasteiger partial charge in [0.2, 0.25) is 0 Å². The van der Waals surface area contributed by atoms with Crippen LogP contribution in [-0.4, -0.2) is 9.13 Å². The lowest BCUT2D eigenvalue weighted by Crippen LogP contribution is -1.98. The van der Waals surface area contributed by atoms with Gasteiger partial charge in [-0.25, -0.2) is 9.69 Å². The molecule has 5 heteroatoms. The number of fused-ring (bicyclic) bond motifs is 6. The number of nitriles is 1. The summed E-state index contributed by atoms with van der Waals surface area (Å²) in [6.07, 6.45) is 0. The normalized spacial score (nSPS) is 11.1. The molecule has 0 fully saturated rings. The first-order valence-corrected chi connectivity index (χ1v) is 16.2. The molecule has 7 aromatic carbocycles. The Morgan fingerprint density at radius 2 is 1.06 bits per heavy atom. The molecule has 9 rings (SSSR count). The fourth-order valence-corrected chi connectivity index (χ4v) is 7.40. The van der Waals surface area contributed by atoms with E-state index in [0.29, 0.717) is 16.9 Å². The molecule has 0 aliphatic heterocycles. The van der Waals surface area contributed by atoms with Gasteiger partial charge in [0.05, 0.1) is 46.8 Å². The van der Waals surface area contributed by atoms with E-state index in [-0.39, 0.29) is 0 Å². The predicted molar refractivity (Wildman–Crippen MR) is 203 cm³/mol. The average Bonchev–Trinajstić information content (AvgIpc) is 3.69. The molecule has 0 saturated heterocycles. The Labute approximate surface area is 288 Å². The van der Waals surface area contributed by atoms with Crippen LogP contribution in [0.25, 0.3) is 86.9 Å². The van der Waals surface area contributed by atoms with E-state index in [1.165, 1.54) is 0 Å². The van der Waals surface area contributed by atoms with Gasteiger partial charge in [0, 0.05) is 33.1 Å². The van der Waals surface area contributed by atoms with Gasteiger partial charge in [-0.2, -0.15) is 5.26 Å². The summed E-state index contributed by atoms with van der Waals surface area (Å²) < 4.78 is 4.49. The molecule has 50 heavy (non-hydrogen) atoms. The van der Waals surface area contributed by atoms with Crippen LogP contribution in [0.4, 0.5) is 11.4 Å². The molecule has 0 aliphatic carbocycles. The fraction of sp³-hybridized carbons (Fsp3) is 0. The second kappa shape index (κ2) is 11.4. The Balaban J connectivity index is 1.28. The molecular formula is C45H25N5. The third-order valence-electron chi connectivity index (χ3n) is 9.57. The highest BCUT2D eigenvalue weighted by Gasteiger charge is 2.19. The van der Waals surface area contributed by atoms with Crippen molar-refractivity contribution in [3.63, 3.8) is 0 Å². The molecule has 9 aromatic rings. The number of aromatic nitrogens is 2. The minimum Gasteiger partial charge on any atom is -0.310 e. The molecule has 0 saturated carbocycles. The van der Waals surface area contributed by atoms with Gasteiger partial charge in [0.25, 0.3) is 0 Å². The molecule has 0 amide bonds. The quantitative estimate of drug-likeness (QED) is 0.177. The van der Waals surface area contributed by atoms with Crippen LogP contribution in [0.5, 0.6) is 0 Å². The van der Waals surface area contributed by atoms with Crippen molar-refractivity contribution in [2.45, 2.75) is 0 Å². The van der Waals surface area contributed by atoms with Gasteiger partial charge >= 0.3 is 0 Å². The maximum Gasteiger partial charge on any atom is 0.189 e. The Kier molecular flexibility index (Phi) is 6.56.